The first-order chi connectivity index (χ1) is 16.0. The van der Waals surface area contributed by atoms with Gasteiger partial charge in [-0.15, -0.1) is 0 Å². The number of carbonyl (C=O) groups is 1. The van der Waals surface area contributed by atoms with E-state index in [1.807, 2.05) is 19.2 Å². The molecule has 3 heterocycles. The number of rotatable bonds is 4. The number of aryl methyl sites for hydroxylation is 1. The molecule has 1 fully saturated rings. The van der Waals surface area contributed by atoms with Crippen LogP contribution in [0.2, 0.25) is 0 Å². The minimum atomic E-state index is -0.0689. The van der Waals surface area contributed by atoms with Crippen LogP contribution in [0.25, 0.3) is 33.4 Å². The molecule has 0 unspecified atom stereocenters. The Bertz CT molecular complexity index is 1300. The second kappa shape index (κ2) is 8.83. The first-order valence-corrected chi connectivity index (χ1v) is 11.6. The Morgan fingerprint density at radius 1 is 1.06 bits per heavy atom. The van der Waals surface area contributed by atoms with Gasteiger partial charge in [0.05, 0.1) is 5.69 Å². The predicted octanol–water partition coefficient (Wildman–Crippen LogP) is 5.97. The van der Waals surface area contributed by atoms with Crippen LogP contribution in [0.3, 0.4) is 0 Å². The van der Waals surface area contributed by atoms with Gasteiger partial charge >= 0.3 is 0 Å². The summed E-state index contributed by atoms with van der Waals surface area (Å²) in [6.45, 7) is 5.87. The number of piperidine rings is 1. The van der Waals surface area contributed by atoms with Crippen LogP contribution >= 0.6 is 0 Å². The summed E-state index contributed by atoms with van der Waals surface area (Å²) in [5.74, 6) is 0.567. The van der Waals surface area contributed by atoms with Gasteiger partial charge in [-0.25, -0.2) is 4.98 Å². The molecule has 0 radical (unpaired) electrons. The fourth-order valence-corrected chi connectivity index (χ4v) is 4.90. The topological polar surface area (TPSA) is 61.0 Å². The summed E-state index contributed by atoms with van der Waals surface area (Å²) < 4.78 is 0. The van der Waals surface area contributed by atoms with Crippen molar-refractivity contribution in [3.05, 3.63) is 71.9 Å². The molecule has 2 aromatic heterocycles. The first-order valence-electron chi connectivity index (χ1n) is 11.6. The number of carbonyl (C=O) groups excluding carboxylic acids is 1. The Kier molecular flexibility index (Phi) is 5.73. The molecule has 0 aliphatic carbocycles. The van der Waals surface area contributed by atoms with Gasteiger partial charge < -0.3 is 15.2 Å². The Morgan fingerprint density at radius 2 is 1.79 bits per heavy atom. The van der Waals surface area contributed by atoms with Crippen molar-refractivity contribution in [3.63, 3.8) is 0 Å². The second-order valence-corrected chi connectivity index (χ2v) is 9.19. The van der Waals surface area contributed by atoms with E-state index in [2.05, 4.69) is 75.8 Å². The normalized spacial score (nSPS) is 15.1. The molecule has 0 atom stereocenters. The summed E-state index contributed by atoms with van der Waals surface area (Å²) in [4.78, 5) is 22.2. The molecule has 2 N–H and O–H groups in total. The summed E-state index contributed by atoms with van der Waals surface area (Å²) in [7, 11) is 2.20. The second-order valence-electron chi connectivity index (χ2n) is 9.19. The maximum Gasteiger partial charge on any atom is 0.221 e. The fraction of sp³-hybridized carbons (Fsp3) is 0.286. The van der Waals surface area contributed by atoms with Gasteiger partial charge in [-0.3, -0.25) is 4.79 Å². The predicted molar refractivity (Wildman–Crippen MR) is 135 cm³/mol. The van der Waals surface area contributed by atoms with Gasteiger partial charge in [0.1, 0.15) is 5.65 Å². The average Bonchev–Trinajstić information content (AvgIpc) is 3.20. The number of amides is 1. The lowest BCUT2D eigenvalue weighted by Gasteiger charge is -2.29. The van der Waals surface area contributed by atoms with Crippen LogP contribution in [0, 0.1) is 6.92 Å². The van der Waals surface area contributed by atoms with E-state index in [-0.39, 0.29) is 5.91 Å². The van der Waals surface area contributed by atoms with Crippen molar-refractivity contribution in [2.24, 2.45) is 0 Å². The minimum absolute atomic E-state index is 0.0689. The standard InChI is InChI=1S/C28H30N4O/c1-18-6-7-23(17-25(18)30-19(2)33)26-24-5-4-14-29-28(24)31-27(26)22-10-8-20(9-11-22)21-12-15-32(3)16-13-21/h4-11,14,17,21H,12-13,15-16H2,1-3H3,(H,29,31)(H,30,33). The molecular weight excluding hydrogens is 408 g/mol. The van der Waals surface area contributed by atoms with Gasteiger partial charge in [0, 0.05) is 29.8 Å². The minimum Gasteiger partial charge on any atom is -0.339 e. The molecule has 1 aliphatic heterocycles. The van der Waals surface area contributed by atoms with E-state index in [1.165, 1.54) is 18.4 Å². The maximum atomic E-state index is 11.7. The van der Waals surface area contributed by atoms with Crippen molar-refractivity contribution in [2.45, 2.75) is 32.6 Å². The molecule has 5 heteroatoms. The number of hydrogen-bond donors (Lipinski definition) is 2. The molecule has 0 bridgehead atoms. The molecule has 168 valence electrons. The van der Waals surface area contributed by atoms with Gasteiger partial charge in [-0.2, -0.15) is 0 Å². The molecule has 4 aromatic rings. The lowest BCUT2D eigenvalue weighted by atomic mass is 9.88. The van der Waals surface area contributed by atoms with Crippen LogP contribution in [-0.2, 0) is 4.79 Å². The third kappa shape index (κ3) is 4.29. The van der Waals surface area contributed by atoms with E-state index in [1.54, 1.807) is 6.92 Å². The quantitative estimate of drug-likeness (QED) is 0.412. The van der Waals surface area contributed by atoms with Crippen LogP contribution in [0.5, 0.6) is 0 Å². The van der Waals surface area contributed by atoms with E-state index < -0.39 is 0 Å². The molecule has 1 saturated heterocycles. The summed E-state index contributed by atoms with van der Waals surface area (Å²) in [6.07, 6.45) is 4.24. The molecular formula is C28H30N4O. The molecule has 2 aromatic carbocycles. The number of nitrogens with zero attached hydrogens (tertiary/aromatic N) is 2. The first kappa shape index (κ1) is 21.4. The third-order valence-corrected chi connectivity index (χ3v) is 6.80. The highest BCUT2D eigenvalue weighted by Gasteiger charge is 2.20. The molecule has 33 heavy (non-hydrogen) atoms. The van der Waals surface area contributed by atoms with Crippen LogP contribution in [0.15, 0.2) is 60.8 Å². The zero-order chi connectivity index (χ0) is 22.9. The monoisotopic (exact) mass is 438 g/mol. The van der Waals surface area contributed by atoms with Crippen LogP contribution < -0.4 is 5.32 Å². The summed E-state index contributed by atoms with van der Waals surface area (Å²) in [5, 5.41) is 4.04. The number of H-pyrrole nitrogens is 1. The van der Waals surface area contributed by atoms with Gasteiger partial charge in [0.15, 0.2) is 0 Å². The van der Waals surface area contributed by atoms with Crippen molar-refractivity contribution < 1.29 is 4.79 Å². The fourth-order valence-electron chi connectivity index (χ4n) is 4.90. The average molecular weight is 439 g/mol. The number of anilines is 1. The van der Waals surface area contributed by atoms with Gasteiger partial charge in [-0.1, -0.05) is 36.4 Å². The van der Waals surface area contributed by atoms with Crippen molar-refractivity contribution in [3.8, 4) is 22.4 Å². The summed E-state index contributed by atoms with van der Waals surface area (Å²) >= 11 is 0. The Hall–Kier alpha value is -3.44. The van der Waals surface area contributed by atoms with E-state index in [0.29, 0.717) is 5.92 Å². The molecule has 0 spiro atoms. The van der Waals surface area contributed by atoms with Crippen LogP contribution in [0.1, 0.15) is 36.8 Å². The van der Waals surface area contributed by atoms with Crippen molar-refractivity contribution in [2.75, 3.05) is 25.5 Å². The van der Waals surface area contributed by atoms with E-state index in [0.717, 1.165) is 57.8 Å². The zero-order valence-corrected chi connectivity index (χ0v) is 19.5. The maximum absolute atomic E-state index is 11.7. The summed E-state index contributed by atoms with van der Waals surface area (Å²) in [6, 6.07) is 19.3. The van der Waals surface area contributed by atoms with E-state index in [9.17, 15) is 4.79 Å². The van der Waals surface area contributed by atoms with Crippen molar-refractivity contribution in [1.29, 1.82) is 0 Å². The Balaban J connectivity index is 1.57. The molecule has 5 nitrogen and oxygen atoms in total. The lowest BCUT2D eigenvalue weighted by molar-refractivity contribution is -0.114. The highest BCUT2D eigenvalue weighted by Crippen LogP contribution is 2.39. The van der Waals surface area contributed by atoms with Gasteiger partial charge in [-0.05, 0) is 86.3 Å². The molecule has 1 amide bonds. The number of benzene rings is 2. The van der Waals surface area contributed by atoms with Crippen molar-refractivity contribution >= 4 is 22.6 Å². The number of fused-ring (bicyclic) bond motifs is 1. The third-order valence-electron chi connectivity index (χ3n) is 6.80. The summed E-state index contributed by atoms with van der Waals surface area (Å²) in [5.41, 5.74) is 8.51. The molecule has 0 saturated carbocycles. The number of nitrogens with one attached hydrogen (secondary N) is 2. The van der Waals surface area contributed by atoms with Gasteiger partial charge in [0.2, 0.25) is 5.91 Å². The Morgan fingerprint density at radius 3 is 2.52 bits per heavy atom. The van der Waals surface area contributed by atoms with E-state index in [4.69, 9.17) is 0 Å². The number of aromatic nitrogens is 2. The number of likely N-dealkylation sites (tertiary alicyclic amines) is 1. The number of hydrogen-bond acceptors (Lipinski definition) is 3. The van der Waals surface area contributed by atoms with Crippen LogP contribution in [0.4, 0.5) is 5.69 Å². The highest BCUT2D eigenvalue weighted by molar-refractivity contribution is 6.03. The number of aromatic amines is 1. The molecule has 1 aliphatic rings. The van der Waals surface area contributed by atoms with Gasteiger partial charge in [0.25, 0.3) is 0 Å². The SMILES string of the molecule is CC(=O)Nc1cc(-c2c(-c3ccc(C4CCN(C)CC4)cc3)[nH]c3ncccc23)ccc1C. The number of pyridine rings is 1. The Labute approximate surface area is 194 Å². The zero-order valence-electron chi connectivity index (χ0n) is 19.5. The molecule has 5 rings (SSSR count). The largest absolute Gasteiger partial charge is 0.339 e. The highest BCUT2D eigenvalue weighted by atomic mass is 16.1. The van der Waals surface area contributed by atoms with E-state index >= 15 is 0 Å². The smallest absolute Gasteiger partial charge is 0.221 e. The van der Waals surface area contributed by atoms with Crippen LogP contribution in [-0.4, -0.2) is 40.9 Å². The lowest BCUT2D eigenvalue weighted by Crippen LogP contribution is -2.29. The van der Waals surface area contributed by atoms with Crippen molar-refractivity contribution in [1.82, 2.24) is 14.9 Å².